The van der Waals surface area contributed by atoms with Gasteiger partial charge in [0.05, 0.1) is 17.9 Å². The van der Waals surface area contributed by atoms with Crippen LogP contribution >= 0.6 is 0 Å². The summed E-state index contributed by atoms with van der Waals surface area (Å²) >= 11 is 0. The first-order valence-electron chi connectivity index (χ1n) is 11.0. The Morgan fingerprint density at radius 3 is 2.33 bits per heavy atom. The second-order valence-corrected chi connectivity index (χ2v) is 8.47. The lowest BCUT2D eigenvalue weighted by Crippen LogP contribution is -2.36. The first-order valence-corrected chi connectivity index (χ1v) is 11.0. The summed E-state index contributed by atoms with van der Waals surface area (Å²) in [6.45, 7) is 10.5. The van der Waals surface area contributed by atoms with Gasteiger partial charge in [0.15, 0.2) is 0 Å². The second kappa shape index (κ2) is 11.3. The van der Waals surface area contributed by atoms with E-state index in [0.717, 1.165) is 35.6 Å². The molecule has 0 aliphatic carbocycles. The first kappa shape index (κ1) is 26.4. The summed E-state index contributed by atoms with van der Waals surface area (Å²) in [4.78, 5) is 26.4. The molecule has 0 saturated heterocycles. The Morgan fingerprint density at radius 1 is 1.15 bits per heavy atom. The van der Waals surface area contributed by atoms with Crippen molar-refractivity contribution >= 4 is 11.9 Å². The fourth-order valence-corrected chi connectivity index (χ4v) is 3.62. The van der Waals surface area contributed by atoms with E-state index in [4.69, 9.17) is 4.74 Å². The van der Waals surface area contributed by atoms with Gasteiger partial charge in [0.1, 0.15) is 6.54 Å². The number of alkyl halides is 3. The smallest absolute Gasteiger partial charge is 0.416 e. The van der Waals surface area contributed by atoms with Gasteiger partial charge in [0, 0.05) is 25.2 Å². The van der Waals surface area contributed by atoms with Crippen LogP contribution < -0.4 is 0 Å². The molecule has 0 aliphatic rings. The van der Waals surface area contributed by atoms with E-state index < -0.39 is 17.7 Å². The summed E-state index contributed by atoms with van der Waals surface area (Å²) in [5.41, 5.74) is 2.60. The van der Waals surface area contributed by atoms with Crippen LogP contribution in [-0.4, -0.2) is 39.7 Å². The lowest BCUT2D eigenvalue weighted by molar-refractivity contribution is -0.149. The molecule has 0 fully saturated rings. The Labute approximate surface area is 192 Å². The molecule has 1 amide bonds. The van der Waals surface area contributed by atoms with Crippen molar-refractivity contribution in [3.05, 3.63) is 52.3 Å². The number of esters is 1. The number of carbonyl (C=O) groups is 2. The van der Waals surface area contributed by atoms with Gasteiger partial charge in [0.2, 0.25) is 5.91 Å². The van der Waals surface area contributed by atoms with Crippen molar-refractivity contribution in [2.24, 2.45) is 5.92 Å². The van der Waals surface area contributed by atoms with E-state index in [1.807, 2.05) is 18.5 Å². The van der Waals surface area contributed by atoms with Crippen molar-refractivity contribution in [2.45, 2.75) is 66.7 Å². The molecule has 1 aromatic heterocycles. The van der Waals surface area contributed by atoms with Gasteiger partial charge in [-0.1, -0.05) is 26.0 Å². The molecule has 0 N–H and O–H groups in total. The van der Waals surface area contributed by atoms with Gasteiger partial charge in [-0.15, -0.1) is 0 Å². The van der Waals surface area contributed by atoms with Crippen LogP contribution in [0.1, 0.15) is 55.3 Å². The van der Waals surface area contributed by atoms with Crippen LogP contribution in [0, 0.1) is 19.8 Å². The molecule has 0 bridgehead atoms. The maximum Gasteiger partial charge on any atom is 0.416 e. The van der Waals surface area contributed by atoms with Crippen molar-refractivity contribution in [1.82, 2.24) is 14.7 Å². The quantitative estimate of drug-likeness (QED) is 0.475. The molecule has 2 rings (SSSR count). The predicted octanol–water partition coefficient (Wildman–Crippen LogP) is 4.70. The monoisotopic (exact) mass is 467 g/mol. The maximum atomic E-state index is 13.0. The first-order chi connectivity index (χ1) is 15.4. The molecule has 1 heterocycles. The Hall–Kier alpha value is -2.84. The maximum absolute atomic E-state index is 13.0. The highest BCUT2D eigenvalue weighted by molar-refractivity contribution is 5.82. The van der Waals surface area contributed by atoms with Crippen molar-refractivity contribution in [1.29, 1.82) is 0 Å². The minimum Gasteiger partial charge on any atom is -0.465 e. The third kappa shape index (κ3) is 7.61. The summed E-state index contributed by atoms with van der Waals surface area (Å²) in [5, 5.41) is 4.57. The molecule has 0 aliphatic heterocycles. The van der Waals surface area contributed by atoms with Crippen molar-refractivity contribution in [3.8, 4) is 0 Å². The molecular formula is C24H32F3N3O3. The van der Waals surface area contributed by atoms with Crippen LogP contribution in [0.2, 0.25) is 0 Å². The van der Waals surface area contributed by atoms with Crippen LogP contribution in [0.3, 0.4) is 0 Å². The number of ether oxygens (including phenoxy) is 1. The van der Waals surface area contributed by atoms with Gasteiger partial charge >= 0.3 is 12.1 Å². The highest BCUT2D eigenvalue weighted by Crippen LogP contribution is 2.29. The molecule has 1 aromatic carbocycles. The van der Waals surface area contributed by atoms with Crippen LogP contribution in [0.25, 0.3) is 0 Å². The molecule has 0 unspecified atom stereocenters. The topological polar surface area (TPSA) is 64.4 Å². The van der Waals surface area contributed by atoms with Gasteiger partial charge in [-0.25, -0.2) is 0 Å². The number of nitrogens with zero attached hydrogens (tertiary/aromatic N) is 3. The highest BCUT2D eigenvalue weighted by Gasteiger charge is 2.30. The largest absolute Gasteiger partial charge is 0.465 e. The third-order valence-corrected chi connectivity index (χ3v) is 5.29. The Balaban J connectivity index is 2.14. The molecule has 0 spiro atoms. The van der Waals surface area contributed by atoms with E-state index in [-0.39, 0.29) is 32.0 Å². The minimum atomic E-state index is -4.44. The number of aryl methyl sites for hydroxylation is 1. The number of hydrogen-bond acceptors (Lipinski definition) is 4. The lowest BCUT2D eigenvalue weighted by Gasteiger charge is -2.22. The molecule has 6 nitrogen and oxygen atoms in total. The minimum absolute atomic E-state index is 0.0142. The number of rotatable bonds is 10. The fourth-order valence-electron chi connectivity index (χ4n) is 3.62. The fraction of sp³-hybridized carbons (Fsp3) is 0.542. The van der Waals surface area contributed by atoms with E-state index >= 15 is 0 Å². The van der Waals surface area contributed by atoms with Crippen LogP contribution in [-0.2, 0) is 40.0 Å². The third-order valence-electron chi connectivity index (χ3n) is 5.29. The van der Waals surface area contributed by atoms with Gasteiger partial charge in [-0.2, -0.15) is 18.3 Å². The average Bonchev–Trinajstić information content (AvgIpc) is 2.97. The molecule has 182 valence electrons. The molecule has 0 radical (unpaired) electrons. The standard InChI is InChI=1S/C24H32F3N3O3/c1-6-33-23(32)15-29(14-19-7-9-20(10-8-19)24(25,26)27)22(31)12-11-21-17(4)28-30(18(21)5)13-16(2)3/h7-10,16H,6,11-15H2,1-5H3. The number of halogens is 3. The molecule has 9 heteroatoms. The number of amides is 1. The summed E-state index contributed by atoms with van der Waals surface area (Å²) in [7, 11) is 0. The van der Waals surface area contributed by atoms with E-state index in [2.05, 4.69) is 18.9 Å². The SMILES string of the molecule is CCOC(=O)CN(Cc1ccc(C(F)(F)F)cc1)C(=O)CCc1c(C)nn(CC(C)C)c1C. The Morgan fingerprint density at radius 2 is 1.79 bits per heavy atom. The Bertz CT molecular complexity index is 950. The zero-order valence-corrected chi connectivity index (χ0v) is 19.8. The average molecular weight is 468 g/mol. The normalized spacial score (nSPS) is 11.7. The van der Waals surface area contributed by atoms with Crippen molar-refractivity contribution < 1.29 is 27.5 Å². The number of hydrogen-bond donors (Lipinski definition) is 0. The van der Waals surface area contributed by atoms with E-state index in [1.54, 1.807) is 6.92 Å². The number of aromatic nitrogens is 2. The Kier molecular flexibility index (Phi) is 9.07. The van der Waals surface area contributed by atoms with Crippen LogP contribution in [0.15, 0.2) is 24.3 Å². The molecule has 0 atom stereocenters. The zero-order chi connectivity index (χ0) is 24.8. The van der Waals surface area contributed by atoms with Gasteiger partial charge < -0.3 is 9.64 Å². The summed E-state index contributed by atoms with van der Waals surface area (Å²) in [6, 6.07) is 4.58. The zero-order valence-electron chi connectivity index (χ0n) is 19.8. The van der Waals surface area contributed by atoms with E-state index in [0.29, 0.717) is 17.9 Å². The van der Waals surface area contributed by atoms with Crippen molar-refractivity contribution in [2.75, 3.05) is 13.2 Å². The highest BCUT2D eigenvalue weighted by atomic mass is 19.4. The second-order valence-electron chi connectivity index (χ2n) is 8.47. The van der Waals surface area contributed by atoms with Gasteiger partial charge in [-0.3, -0.25) is 14.3 Å². The molecule has 2 aromatic rings. The lowest BCUT2D eigenvalue weighted by atomic mass is 10.1. The summed E-state index contributed by atoms with van der Waals surface area (Å²) < 4.78 is 45.4. The number of benzene rings is 1. The van der Waals surface area contributed by atoms with E-state index in [1.165, 1.54) is 17.0 Å². The predicted molar refractivity (Wildman–Crippen MR) is 118 cm³/mol. The molecular weight excluding hydrogens is 435 g/mol. The molecule has 33 heavy (non-hydrogen) atoms. The molecule has 0 saturated carbocycles. The van der Waals surface area contributed by atoms with Gasteiger partial charge in [0.25, 0.3) is 0 Å². The van der Waals surface area contributed by atoms with E-state index in [9.17, 15) is 22.8 Å². The van der Waals surface area contributed by atoms with Crippen molar-refractivity contribution in [3.63, 3.8) is 0 Å². The summed E-state index contributed by atoms with van der Waals surface area (Å²) in [6.07, 6.45) is -3.83. The van der Waals surface area contributed by atoms with Gasteiger partial charge in [-0.05, 0) is 56.4 Å². The van der Waals surface area contributed by atoms with Crippen LogP contribution in [0.5, 0.6) is 0 Å². The number of carbonyl (C=O) groups excluding carboxylic acids is 2. The summed E-state index contributed by atoms with van der Waals surface area (Å²) in [5.74, 6) is -0.408. The van der Waals surface area contributed by atoms with Crippen LogP contribution in [0.4, 0.5) is 13.2 Å².